The molecule has 0 saturated carbocycles. The summed E-state index contributed by atoms with van der Waals surface area (Å²) in [6.45, 7) is 6.14. The molecule has 0 aromatic carbocycles. The number of hydrogen-bond donors (Lipinski definition) is 2. The predicted octanol–water partition coefficient (Wildman–Crippen LogP) is 1.09. The monoisotopic (exact) mass is 367 g/mol. The molecule has 25 heavy (non-hydrogen) atoms. The molecule has 0 spiro atoms. The zero-order valence-electron chi connectivity index (χ0n) is 15.0. The highest BCUT2D eigenvalue weighted by Crippen LogP contribution is 2.24. The second-order valence-corrected chi connectivity index (χ2v) is 6.99. The number of nitrogens with one attached hydrogen (secondary N) is 2. The van der Waals surface area contributed by atoms with Crippen molar-refractivity contribution in [3.8, 4) is 0 Å². The Hall–Kier alpha value is -1.96. The van der Waals surface area contributed by atoms with Crippen molar-refractivity contribution in [2.24, 2.45) is 0 Å². The molecule has 2 atom stereocenters. The Bertz CT molecular complexity index is 658. The van der Waals surface area contributed by atoms with Gasteiger partial charge in [0.05, 0.1) is 11.3 Å². The number of thioether (sulfide) groups is 1. The average Bonchev–Trinajstić information content (AvgIpc) is 3.10. The van der Waals surface area contributed by atoms with Crippen molar-refractivity contribution in [2.45, 2.75) is 39.3 Å². The Kier molecular flexibility index (Phi) is 6.52. The fourth-order valence-corrected chi connectivity index (χ4v) is 3.45. The number of likely N-dealkylation sites (tertiary alicyclic amines) is 1. The third-order valence-corrected chi connectivity index (χ3v) is 4.68. The molecule has 0 radical (unpaired) electrons. The first-order chi connectivity index (χ1) is 11.9. The number of rotatable bonds is 6. The molecular formula is C17H25N3O4S. The van der Waals surface area contributed by atoms with Crippen molar-refractivity contribution >= 4 is 29.5 Å². The zero-order valence-corrected chi connectivity index (χ0v) is 15.9. The molecule has 1 aromatic rings. The van der Waals surface area contributed by atoms with E-state index in [1.165, 1.54) is 16.7 Å². The Labute approximate surface area is 151 Å². The minimum Gasteiger partial charge on any atom is -0.466 e. The second-order valence-electron chi connectivity index (χ2n) is 6.13. The van der Waals surface area contributed by atoms with Crippen LogP contribution in [0, 0.1) is 13.8 Å². The van der Waals surface area contributed by atoms with Crippen LogP contribution < -0.4 is 10.6 Å². The van der Waals surface area contributed by atoms with Crippen molar-refractivity contribution in [1.82, 2.24) is 15.5 Å². The lowest BCUT2D eigenvalue weighted by molar-refractivity contribution is -0.125. The molecule has 0 bridgehead atoms. The summed E-state index contributed by atoms with van der Waals surface area (Å²) in [5.74, 6) is 1.02. The fraction of sp³-hybridized carbons (Fsp3) is 0.588. The van der Waals surface area contributed by atoms with E-state index < -0.39 is 6.04 Å². The fourth-order valence-electron chi connectivity index (χ4n) is 3.10. The molecule has 8 heteroatoms. The quantitative estimate of drug-likeness (QED) is 0.785. The molecule has 2 N–H and O–H groups in total. The number of carbonyl (C=O) groups excluding carboxylic acids is 3. The van der Waals surface area contributed by atoms with E-state index in [0.29, 0.717) is 42.3 Å². The third-order valence-electron chi connectivity index (χ3n) is 4.13. The predicted molar refractivity (Wildman–Crippen MR) is 96.6 cm³/mol. The minimum absolute atomic E-state index is 0.0863. The topological polar surface area (TPSA) is 91.7 Å². The Morgan fingerprint density at radius 1 is 1.36 bits per heavy atom. The summed E-state index contributed by atoms with van der Waals surface area (Å²) in [7, 11) is 0. The van der Waals surface area contributed by atoms with Gasteiger partial charge >= 0.3 is 0 Å². The van der Waals surface area contributed by atoms with E-state index in [2.05, 4.69) is 10.6 Å². The van der Waals surface area contributed by atoms with Crippen molar-refractivity contribution in [3.63, 3.8) is 0 Å². The van der Waals surface area contributed by atoms with Crippen molar-refractivity contribution < 1.29 is 18.8 Å². The molecule has 7 nitrogen and oxygen atoms in total. The maximum Gasteiger partial charge on any atom is 0.258 e. The van der Waals surface area contributed by atoms with E-state index in [9.17, 15) is 14.4 Å². The van der Waals surface area contributed by atoms with Gasteiger partial charge in [-0.15, -0.1) is 0 Å². The van der Waals surface area contributed by atoms with Gasteiger partial charge < -0.3 is 20.0 Å². The van der Waals surface area contributed by atoms with Gasteiger partial charge in [0.1, 0.15) is 17.6 Å². The Morgan fingerprint density at radius 3 is 2.64 bits per heavy atom. The van der Waals surface area contributed by atoms with Crippen LogP contribution in [0.25, 0.3) is 0 Å². The highest BCUT2D eigenvalue weighted by atomic mass is 32.2. The summed E-state index contributed by atoms with van der Waals surface area (Å²) >= 11 is 1.43. The van der Waals surface area contributed by atoms with Gasteiger partial charge in [-0.05, 0) is 39.5 Å². The summed E-state index contributed by atoms with van der Waals surface area (Å²) in [4.78, 5) is 38.7. The van der Waals surface area contributed by atoms with Crippen LogP contribution in [0.1, 0.15) is 35.2 Å². The first-order valence-electron chi connectivity index (χ1n) is 8.31. The molecule has 0 unspecified atom stereocenters. The van der Waals surface area contributed by atoms with Crippen LogP contribution in [0.2, 0.25) is 0 Å². The molecule has 3 amide bonds. The van der Waals surface area contributed by atoms with Crippen LogP contribution in [0.4, 0.5) is 0 Å². The number of likely N-dealkylation sites (N-methyl/N-ethyl adjacent to an activating group) is 1. The summed E-state index contributed by atoms with van der Waals surface area (Å²) < 4.78 is 5.44. The molecule has 1 aromatic heterocycles. The van der Waals surface area contributed by atoms with Crippen LogP contribution in [-0.2, 0) is 9.59 Å². The lowest BCUT2D eigenvalue weighted by Gasteiger charge is -2.23. The van der Waals surface area contributed by atoms with Gasteiger partial charge in [-0.2, -0.15) is 11.8 Å². The molecule has 2 heterocycles. The van der Waals surface area contributed by atoms with E-state index in [-0.39, 0.29) is 23.8 Å². The van der Waals surface area contributed by atoms with E-state index >= 15 is 0 Å². The van der Waals surface area contributed by atoms with Crippen LogP contribution in [-0.4, -0.2) is 59.8 Å². The number of amides is 3. The Balaban J connectivity index is 2.19. The maximum atomic E-state index is 12.9. The first-order valence-corrected chi connectivity index (χ1v) is 9.70. The van der Waals surface area contributed by atoms with E-state index in [4.69, 9.17) is 4.42 Å². The third kappa shape index (κ3) is 4.56. The second kappa shape index (κ2) is 8.42. The number of hydrogen-bond acceptors (Lipinski definition) is 5. The van der Waals surface area contributed by atoms with Gasteiger partial charge in [0, 0.05) is 19.1 Å². The summed E-state index contributed by atoms with van der Waals surface area (Å²) in [5, 5.41) is 5.68. The SMILES string of the molecule is CCNC(=O)[C@@H]1C[C@H](NC(=O)CSC)CN1C(=O)c1cc(C)oc1C. The number of aryl methyl sites for hydroxylation is 2. The van der Waals surface area contributed by atoms with Crippen LogP contribution in [0.5, 0.6) is 0 Å². The largest absolute Gasteiger partial charge is 0.466 e. The standard InChI is InChI=1S/C17H25N3O4S/c1-5-18-16(22)14-7-12(19-15(21)9-25-4)8-20(14)17(23)13-6-10(2)24-11(13)3/h6,12,14H,5,7-9H2,1-4H3,(H,18,22)(H,19,21)/t12-,14-/m0/s1. The number of carbonyl (C=O) groups is 3. The molecule has 0 aliphatic carbocycles. The Morgan fingerprint density at radius 2 is 2.08 bits per heavy atom. The smallest absolute Gasteiger partial charge is 0.258 e. The van der Waals surface area contributed by atoms with Gasteiger partial charge in [-0.25, -0.2) is 0 Å². The average molecular weight is 367 g/mol. The molecule has 1 saturated heterocycles. The van der Waals surface area contributed by atoms with Gasteiger partial charge in [-0.1, -0.05) is 0 Å². The van der Waals surface area contributed by atoms with Crippen molar-refractivity contribution in [3.05, 3.63) is 23.2 Å². The van der Waals surface area contributed by atoms with Crippen molar-refractivity contribution in [2.75, 3.05) is 25.1 Å². The van der Waals surface area contributed by atoms with Gasteiger partial charge in [-0.3, -0.25) is 14.4 Å². The zero-order chi connectivity index (χ0) is 18.6. The molecule has 2 rings (SSSR count). The number of furan rings is 1. The van der Waals surface area contributed by atoms with E-state index in [1.807, 2.05) is 13.2 Å². The summed E-state index contributed by atoms with van der Waals surface area (Å²) in [5.41, 5.74) is 0.461. The highest BCUT2D eigenvalue weighted by Gasteiger charge is 2.41. The molecule has 1 aliphatic heterocycles. The molecule has 138 valence electrons. The lowest BCUT2D eigenvalue weighted by Crippen LogP contribution is -2.46. The molecule has 1 aliphatic rings. The van der Waals surface area contributed by atoms with Gasteiger partial charge in [0.2, 0.25) is 11.8 Å². The molecular weight excluding hydrogens is 342 g/mol. The van der Waals surface area contributed by atoms with Crippen LogP contribution >= 0.6 is 11.8 Å². The van der Waals surface area contributed by atoms with E-state index in [1.54, 1.807) is 19.9 Å². The number of nitrogens with zero attached hydrogens (tertiary/aromatic N) is 1. The van der Waals surface area contributed by atoms with Crippen LogP contribution in [0.15, 0.2) is 10.5 Å². The normalized spacial score (nSPS) is 19.8. The van der Waals surface area contributed by atoms with Crippen LogP contribution in [0.3, 0.4) is 0 Å². The first kappa shape index (κ1) is 19.4. The van der Waals surface area contributed by atoms with Gasteiger partial charge in [0.25, 0.3) is 5.91 Å². The summed E-state index contributed by atoms with van der Waals surface area (Å²) in [6, 6.07) is 0.859. The maximum absolute atomic E-state index is 12.9. The van der Waals surface area contributed by atoms with E-state index in [0.717, 1.165) is 0 Å². The van der Waals surface area contributed by atoms with Gasteiger partial charge in [0.15, 0.2) is 0 Å². The highest BCUT2D eigenvalue weighted by molar-refractivity contribution is 7.99. The minimum atomic E-state index is -0.596. The summed E-state index contributed by atoms with van der Waals surface area (Å²) in [6.07, 6.45) is 2.26. The molecule has 1 fully saturated rings. The lowest BCUT2D eigenvalue weighted by atomic mass is 10.1. The van der Waals surface area contributed by atoms with Crippen molar-refractivity contribution in [1.29, 1.82) is 0 Å².